The Balaban J connectivity index is 1.35. The van der Waals surface area contributed by atoms with Gasteiger partial charge in [-0.2, -0.15) is 0 Å². The van der Waals surface area contributed by atoms with Crippen LogP contribution in [-0.2, 0) is 9.59 Å². The van der Waals surface area contributed by atoms with Gasteiger partial charge in [0.2, 0.25) is 11.8 Å². The number of piperazine rings is 1. The van der Waals surface area contributed by atoms with E-state index in [9.17, 15) is 14.4 Å². The maximum absolute atomic E-state index is 13.0. The Morgan fingerprint density at radius 3 is 2.43 bits per heavy atom. The summed E-state index contributed by atoms with van der Waals surface area (Å²) in [6.07, 6.45) is 3.39. The van der Waals surface area contributed by atoms with Crippen LogP contribution in [-0.4, -0.2) is 72.3 Å². The fraction of sp³-hybridized carbons (Fsp3) is 0.364. The van der Waals surface area contributed by atoms with Crippen LogP contribution in [0.4, 0.5) is 5.69 Å². The average Bonchev–Trinajstić information content (AvgIpc) is 3.20. The summed E-state index contributed by atoms with van der Waals surface area (Å²) in [4.78, 5) is 47.2. The van der Waals surface area contributed by atoms with E-state index in [-0.39, 0.29) is 30.1 Å². The third-order valence-corrected chi connectivity index (χ3v) is 5.65. The van der Waals surface area contributed by atoms with Crippen LogP contribution >= 0.6 is 0 Å². The molecule has 1 atom stereocenters. The normalized spacial score (nSPS) is 19.2. The SMILES string of the molecule is COc1cccc(N2CC(C(=O)N3CCN(C(=O)c4ccncc4)CC3)CC2=O)c1. The first-order valence-electron chi connectivity index (χ1n) is 9.99. The van der Waals surface area contributed by atoms with Crippen molar-refractivity contribution in [1.82, 2.24) is 14.8 Å². The second-order valence-corrected chi connectivity index (χ2v) is 7.46. The molecule has 2 saturated heterocycles. The molecule has 0 aliphatic carbocycles. The summed E-state index contributed by atoms with van der Waals surface area (Å²) in [5.41, 5.74) is 1.34. The van der Waals surface area contributed by atoms with Crippen LogP contribution < -0.4 is 9.64 Å². The molecule has 0 bridgehead atoms. The third-order valence-electron chi connectivity index (χ3n) is 5.65. The lowest BCUT2D eigenvalue weighted by atomic mass is 10.1. The summed E-state index contributed by atoms with van der Waals surface area (Å²) in [5, 5.41) is 0. The number of nitrogens with zero attached hydrogens (tertiary/aromatic N) is 4. The molecule has 2 aliphatic heterocycles. The highest BCUT2D eigenvalue weighted by molar-refractivity contribution is 6.00. The van der Waals surface area contributed by atoms with Crippen molar-refractivity contribution in [3.05, 3.63) is 54.4 Å². The summed E-state index contributed by atoms with van der Waals surface area (Å²) in [6.45, 7) is 2.26. The molecule has 0 N–H and O–H groups in total. The van der Waals surface area contributed by atoms with Gasteiger partial charge in [-0.3, -0.25) is 19.4 Å². The standard InChI is InChI=1S/C22H24N4O4/c1-30-19-4-2-3-18(14-19)26-15-17(13-20(26)27)22(29)25-11-9-24(10-12-25)21(28)16-5-7-23-8-6-16/h2-8,14,17H,9-13,15H2,1H3. The molecule has 0 radical (unpaired) electrons. The second kappa shape index (κ2) is 8.52. The van der Waals surface area contributed by atoms with E-state index >= 15 is 0 Å². The van der Waals surface area contributed by atoms with Crippen molar-refractivity contribution in [3.8, 4) is 5.75 Å². The highest BCUT2D eigenvalue weighted by atomic mass is 16.5. The molecule has 4 rings (SSSR count). The Hall–Kier alpha value is -3.42. The van der Waals surface area contributed by atoms with E-state index in [2.05, 4.69) is 4.98 Å². The molecule has 8 nitrogen and oxygen atoms in total. The lowest BCUT2D eigenvalue weighted by molar-refractivity contribution is -0.137. The van der Waals surface area contributed by atoms with E-state index in [1.165, 1.54) is 0 Å². The zero-order valence-corrected chi connectivity index (χ0v) is 16.9. The molecule has 3 amide bonds. The van der Waals surface area contributed by atoms with Crippen LogP contribution in [0.5, 0.6) is 5.75 Å². The quantitative estimate of drug-likeness (QED) is 0.764. The molecule has 1 aromatic heterocycles. The van der Waals surface area contributed by atoms with Crippen LogP contribution in [0.2, 0.25) is 0 Å². The third kappa shape index (κ3) is 3.98. The highest BCUT2D eigenvalue weighted by Gasteiger charge is 2.38. The minimum Gasteiger partial charge on any atom is -0.497 e. The van der Waals surface area contributed by atoms with Gasteiger partial charge in [-0.1, -0.05) is 6.07 Å². The maximum Gasteiger partial charge on any atom is 0.254 e. The fourth-order valence-electron chi connectivity index (χ4n) is 3.97. The van der Waals surface area contributed by atoms with Crippen LogP contribution in [0.15, 0.2) is 48.8 Å². The largest absolute Gasteiger partial charge is 0.497 e. The Morgan fingerprint density at radius 2 is 1.73 bits per heavy atom. The number of rotatable bonds is 4. The number of amides is 3. The Labute approximate surface area is 175 Å². The van der Waals surface area contributed by atoms with Gasteiger partial charge in [0.15, 0.2) is 0 Å². The molecule has 2 aliphatic rings. The topological polar surface area (TPSA) is 83.1 Å². The summed E-state index contributed by atoms with van der Waals surface area (Å²) < 4.78 is 5.23. The molecule has 0 spiro atoms. The first-order valence-corrected chi connectivity index (χ1v) is 9.99. The van der Waals surface area contributed by atoms with Gasteiger partial charge in [0.25, 0.3) is 5.91 Å². The van der Waals surface area contributed by atoms with Crippen molar-refractivity contribution in [3.63, 3.8) is 0 Å². The minimum atomic E-state index is -0.369. The average molecular weight is 408 g/mol. The molecule has 156 valence electrons. The number of hydrogen-bond acceptors (Lipinski definition) is 5. The second-order valence-electron chi connectivity index (χ2n) is 7.46. The van der Waals surface area contributed by atoms with E-state index in [4.69, 9.17) is 4.74 Å². The summed E-state index contributed by atoms with van der Waals surface area (Å²) >= 11 is 0. The van der Waals surface area contributed by atoms with E-state index in [0.29, 0.717) is 44.0 Å². The number of benzene rings is 1. The van der Waals surface area contributed by atoms with Gasteiger partial charge < -0.3 is 19.4 Å². The van der Waals surface area contributed by atoms with Gasteiger partial charge in [-0.25, -0.2) is 0 Å². The van der Waals surface area contributed by atoms with E-state index in [0.717, 1.165) is 5.69 Å². The number of aromatic nitrogens is 1. The van der Waals surface area contributed by atoms with Crippen LogP contribution in [0.3, 0.4) is 0 Å². The molecular weight excluding hydrogens is 384 g/mol. The van der Waals surface area contributed by atoms with Gasteiger partial charge in [0.05, 0.1) is 13.0 Å². The molecular formula is C22H24N4O4. The van der Waals surface area contributed by atoms with Gasteiger partial charge in [-0.05, 0) is 24.3 Å². The highest BCUT2D eigenvalue weighted by Crippen LogP contribution is 2.29. The summed E-state index contributed by atoms with van der Waals surface area (Å²) in [5.74, 6) is 0.166. The van der Waals surface area contributed by atoms with Crippen molar-refractivity contribution in [2.24, 2.45) is 5.92 Å². The minimum absolute atomic E-state index is 0.0234. The molecule has 0 saturated carbocycles. The number of hydrogen-bond donors (Lipinski definition) is 0. The van der Waals surface area contributed by atoms with Crippen molar-refractivity contribution >= 4 is 23.4 Å². The van der Waals surface area contributed by atoms with Crippen LogP contribution in [0.25, 0.3) is 0 Å². The molecule has 8 heteroatoms. The Bertz CT molecular complexity index is 941. The van der Waals surface area contributed by atoms with Crippen LogP contribution in [0, 0.1) is 5.92 Å². The smallest absolute Gasteiger partial charge is 0.254 e. The first kappa shape index (κ1) is 19.9. The molecule has 30 heavy (non-hydrogen) atoms. The van der Waals surface area contributed by atoms with Crippen molar-refractivity contribution in [2.75, 3.05) is 44.7 Å². The maximum atomic E-state index is 13.0. The Morgan fingerprint density at radius 1 is 1.03 bits per heavy atom. The van der Waals surface area contributed by atoms with Crippen LogP contribution in [0.1, 0.15) is 16.8 Å². The van der Waals surface area contributed by atoms with Crippen molar-refractivity contribution in [1.29, 1.82) is 0 Å². The predicted molar refractivity (Wildman–Crippen MR) is 110 cm³/mol. The lowest BCUT2D eigenvalue weighted by Gasteiger charge is -2.36. The van der Waals surface area contributed by atoms with Crippen molar-refractivity contribution < 1.29 is 19.1 Å². The fourth-order valence-corrected chi connectivity index (χ4v) is 3.97. The zero-order valence-electron chi connectivity index (χ0n) is 16.9. The van der Waals surface area contributed by atoms with Gasteiger partial charge in [0, 0.05) is 68.9 Å². The van der Waals surface area contributed by atoms with E-state index in [1.807, 2.05) is 18.2 Å². The number of carbonyl (C=O) groups excluding carboxylic acids is 3. The zero-order chi connectivity index (χ0) is 21.1. The van der Waals surface area contributed by atoms with Crippen molar-refractivity contribution in [2.45, 2.75) is 6.42 Å². The molecule has 1 unspecified atom stereocenters. The molecule has 3 heterocycles. The van der Waals surface area contributed by atoms with Gasteiger partial charge in [-0.15, -0.1) is 0 Å². The molecule has 2 aromatic rings. The molecule has 1 aromatic carbocycles. The summed E-state index contributed by atoms with van der Waals surface area (Å²) in [7, 11) is 1.58. The summed E-state index contributed by atoms with van der Waals surface area (Å²) in [6, 6.07) is 10.7. The number of anilines is 1. The number of pyridine rings is 1. The number of carbonyl (C=O) groups is 3. The van der Waals surface area contributed by atoms with E-state index < -0.39 is 0 Å². The van der Waals surface area contributed by atoms with E-state index in [1.54, 1.807) is 52.4 Å². The van der Waals surface area contributed by atoms with Gasteiger partial charge >= 0.3 is 0 Å². The first-order chi connectivity index (χ1) is 14.6. The molecule has 2 fully saturated rings. The lowest BCUT2D eigenvalue weighted by Crippen LogP contribution is -2.52. The number of ether oxygens (including phenoxy) is 1. The van der Waals surface area contributed by atoms with Gasteiger partial charge in [0.1, 0.15) is 5.75 Å². The Kier molecular flexibility index (Phi) is 5.65. The number of methoxy groups -OCH3 is 1. The predicted octanol–water partition coefficient (Wildman–Crippen LogP) is 1.43. The monoisotopic (exact) mass is 408 g/mol.